The minimum Gasteiger partial charge on any atom is -0.444 e. The van der Waals surface area contributed by atoms with Crippen LogP contribution in [0.15, 0.2) is 43.1 Å². The van der Waals surface area contributed by atoms with E-state index in [4.69, 9.17) is 16.3 Å². The molecule has 23 heavy (non-hydrogen) atoms. The summed E-state index contributed by atoms with van der Waals surface area (Å²) in [7, 11) is 0. The van der Waals surface area contributed by atoms with Gasteiger partial charge in [0.2, 0.25) is 5.06 Å². The van der Waals surface area contributed by atoms with Gasteiger partial charge in [-0.05, 0) is 37.6 Å². The molecule has 0 aliphatic rings. The number of allylic oxidation sites excluding steroid dienone is 1. The van der Waals surface area contributed by atoms with E-state index in [-0.39, 0.29) is 0 Å². The summed E-state index contributed by atoms with van der Waals surface area (Å²) in [4.78, 5) is 13.1. The molecule has 4 nitrogen and oxygen atoms in total. The number of aryl methyl sites for hydroxylation is 1. The first kappa shape index (κ1) is 15.6. The molecular formula is C17H14ClN3OS. The predicted molar refractivity (Wildman–Crippen MR) is 94.1 cm³/mol. The lowest BCUT2D eigenvalue weighted by atomic mass is 10.2. The maximum atomic E-state index is 5.97. The lowest BCUT2D eigenvalue weighted by molar-refractivity contribution is 0.496. The highest BCUT2D eigenvalue weighted by Gasteiger charge is 2.17. The summed E-state index contributed by atoms with van der Waals surface area (Å²) in [5, 5.41) is 1.85. The van der Waals surface area contributed by atoms with E-state index in [1.165, 1.54) is 11.3 Å². The highest BCUT2D eigenvalue weighted by molar-refractivity contribution is 7.15. The molecule has 0 atom stereocenters. The Morgan fingerprint density at radius 2 is 2.09 bits per heavy atom. The van der Waals surface area contributed by atoms with Gasteiger partial charge >= 0.3 is 0 Å². The molecule has 3 heterocycles. The summed E-state index contributed by atoms with van der Waals surface area (Å²) in [5.74, 6) is 0.607. The number of aromatic nitrogens is 3. The van der Waals surface area contributed by atoms with Crippen molar-refractivity contribution in [3.05, 3.63) is 59.0 Å². The number of hydrogen-bond donors (Lipinski definition) is 0. The molecule has 0 amide bonds. The van der Waals surface area contributed by atoms with Crippen LogP contribution in [0.25, 0.3) is 17.0 Å². The Morgan fingerprint density at radius 1 is 1.26 bits per heavy atom. The zero-order chi connectivity index (χ0) is 16.4. The van der Waals surface area contributed by atoms with Crippen molar-refractivity contribution in [1.82, 2.24) is 15.0 Å². The van der Waals surface area contributed by atoms with E-state index >= 15 is 0 Å². The number of thiazole rings is 1. The van der Waals surface area contributed by atoms with E-state index in [1.807, 2.05) is 32.0 Å². The molecule has 0 aliphatic heterocycles. The monoisotopic (exact) mass is 343 g/mol. The third-order valence-corrected chi connectivity index (χ3v) is 4.30. The number of ether oxygens (including phenoxy) is 1. The Balaban J connectivity index is 2.06. The van der Waals surface area contributed by atoms with Gasteiger partial charge in [0.15, 0.2) is 0 Å². The fourth-order valence-corrected chi connectivity index (χ4v) is 2.99. The quantitative estimate of drug-likeness (QED) is 0.596. The highest BCUT2D eigenvalue weighted by atomic mass is 35.5. The lowest BCUT2D eigenvalue weighted by Gasteiger charge is -2.05. The van der Waals surface area contributed by atoms with Crippen molar-refractivity contribution in [2.24, 2.45) is 0 Å². The maximum absolute atomic E-state index is 5.97. The zero-order valence-corrected chi connectivity index (χ0v) is 14.3. The van der Waals surface area contributed by atoms with Crippen molar-refractivity contribution in [1.29, 1.82) is 0 Å². The fourth-order valence-electron chi connectivity index (χ4n) is 1.95. The van der Waals surface area contributed by atoms with Gasteiger partial charge in [-0.2, -0.15) is 0 Å². The van der Waals surface area contributed by atoms with E-state index in [0.29, 0.717) is 21.7 Å². The van der Waals surface area contributed by atoms with Crippen LogP contribution in [0.1, 0.15) is 17.6 Å². The van der Waals surface area contributed by atoms with Crippen LogP contribution in [0.4, 0.5) is 0 Å². The Bertz CT molecular complexity index is 876. The molecule has 3 aromatic rings. The average molecular weight is 344 g/mol. The Labute approximate surface area is 143 Å². The molecule has 0 bridgehead atoms. The largest absolute Gasteiger partial charge is 0.444 e. The van der Waals surface area contributed by atoms with Gasteiger partial charge in [0.1, 0.15) is 21.6 Å². The number of nitrogens with zero attached hydrogens (tertiary/aromatic N) is 3. The summed E-state index contributed by atoms with van der Waals surface area (Å²) in [6.45, 7) is 7.81. The summed E-state index contributed by atoms with van der Waals surface area (Å²) in [6.07, 6.45) is 1.60. The van der Waals surface area contributed by atoms with Crippen LogP contribution in [-0.2, 0) is 0 Å². The van der Waals surface area contributed by atoms with Crippen LogP contribution in [0.2, 0.25) is 5.15 Å². The molecule has 0 aromatic carbocycles. The van der Waals surface area contributed by atoms with Gasteiger partial charge < -0.3 is 4.74 Å². The Morgan fingerprint density at radius 3 is 2.78 bits per heavy atom. The van der Waals surface area contributed by atoms with Crippen molar-refractivity contribution in [3.8, 4) is 22.2 Å². The summed E-state index contributed by atoms with van der Waals surface area (Å²) >= 11 is 7.35. The van der Waals surface area contributed by atoms with Gasteiger partial charge in [-0.15, -0.1) is 0 Å². The molecule has 0 unspecified atom stereocenters. The minimum atomic E-state index is 0.377. The fraction of sp³-hybridized carbons (Fsp3) is 0.118. The number of pyridine rings is 2. The Hall–Kier alpha value is -2.24. The van der Waals surface area contributed by atoms with E-state index in [9.17, 15) is 0 Å². The smallest absolute Gasteiger partial charge is 0.210 e. The van der Waals surface area contributed by atoms with Gasteiger partial charge in [0, 0.05) is 18.0 Å². The van der Waals surface area contributed by atoms with Gasteiger partial charge in [-0.1, -0.05) is 35.6 Å². The minimum absolute atomic E-state index is 0.377. The van der Waals surface area contributed by atoms with Crippen LogP contribution < -0.4 is 4.74 Å². The van der Waals surface area contributed by atoms with Crippen molar-refractivity contribution in [2.45, 2.75) is 13.8 Å². The number of hydrogen-bond acceptors (Lipinski definition) is 5. The normalized spacial score (nSPS) is 10.6. The van der Waals surface area contributed by atoms with Crippen LogP contribution in [-0.4, -0.2) is 15.0 Å². The number of halogens is 1. The molecular weight excluding hydrogens is 330 g/mol. The molecule has 0 saturated carbocycles. The second-order valence-corrected chi connectivity index (χ2v) is 6.36. The summed E-state index contributed by atoms with van der Waals surface area (Å²) in [6, 6.07) is 9.22. The van der Waals surface area contributed by atoms with E-state index in [2.05, 4.69) is 21.5 Å². The van der Waals surface area contributed by atoms with Crippen LogP contribution >= 0.6 is 22.9 Å². The average Bonchev–Trinajstić information content (AvgIpc) is 2.91. The molecule has 116 valence electrons. The van der Waals surface area contributed by atoms with Gasteiger partial charge in [-0.3, -0.25) is 4.98 Å². The molecule has 0 aliphatic carbocycles. The Kier molecular flexibility index (Phi) is 4.41. The predicted octanol–water partition coefficient (Wildman–Crippen LogP) is 5.39. The van der Waals surface area contributed by atoms with E-state index in [0.717, 1.165) is 22.0 Å². The van der Waals surface area contributed by atoms with Crippen LogP contribution in [0, 0.1) is 6.92 Å². The SMILES string of the molecule is C=C(C)c1nc(-c2cccc(C)n2)c(Oc2ccnc(Cl)c2)s1. The third-order valence-electron chi connectivity index (χ3n) is 3.00. The van der Waals surface area contributed by atoms with Crippen molar-refractivity contribution in [3.63, 3.8) is 0 Å². The molecule has 0 fully saturated rings. The van der Waals surface area contributed by atoms with Crippen molar-refractivity contribution >= 4 is 28.5 Å². The molecule has 3 aromatic heterocycles. The molecule has 0 saturated heterocycles. The second-order valence-electron chi connectivity index (χ2n) is 5.02. The van der Waals surface area contributed by atoms with Gasteiger partial charge in [-0.25, -0.2) is 9.97 Å². The second kappa shape index (κ2) is 6.48. The first-order chi connectivity index (χ1) is 11.0. The summed E-state index contributed by atoms with van der Waals surface area (Å²) in [5.41, 5.74) is 3.27. The standard InChI is InChI=1S/C17H14ClN3OS/c1-10(2)16-21-15(13-6-4-5-11(3)20-13)17(23-16)22-12-7-8-19-14(18)9-12/h4-9H,1H2,2-3H3. The third kappa shape index (κ3) is 3.57. The topological polar surface area (TPSA) is 47.9 Å². The summed E-state index contributed by atoms with van der Waals surface area (Å²) < 4.78 is 5.97. The first-order valence-corrected chi connectivity index (χ1v) is 8.12. The molecule has 0 spiro atoms. The molecule has 6 heteroatoms. The number of rotatable bonds is 4. The zero-order valence-electron chi connectivity index (χ0n) is 12.7. The molecule has 0 radical (unpaired) electrons. The maximum Gasteiger partial charge on any atom is 0.210 e. The van der Waals surface area contributed by atoms with Crippen molar-refractivity contribution < 1.29 is 4.74 Å². The molecule has 3 rings (SSSR count). The van der Waals surface area contributed by atoms with Gasteiger partial charge in [0.25, 0.3) is 0 Å². The highest BCUT2D eigenvalue weighted by Crippen LogP contribution is 2.39. The lowest BCUT2D eigenvalue weighted by Crippen LogP contribution is -1.90. The van der Waals surface area contributed by atoms with Crippen LogP contribution in [0.3, 0.4) is 0 Å². The van der Waals surface area contributed by atoms with Crippen LogP contribution in [0.5, 0.6) is 10.8 Å². The van der Waals surface area contributed by atoms with E-state index < -0.39 is 0 Å². The van der Waals surface area contributed by atoms with Gasteiger partial charge in [0.05, 0.1) is 5.69 Å². The first-order valence-electron chi connectivity index (χ1n) is 6.93. The van der Waals surface area contributed by atoms with E-state index in [1.54, 1.807) is 18.3 Å². The molecule has 0 N–H and O–H groups in total. The van der Waals surface area contributed by atoms with Crippen molar-refractivity contribution in [2.75, 3.05) is 0 Å².